The lowest BCUT2D eigenvalue weighted by Gasteiger charge is -2.35. The van der Waals surface area contributed by atoms with Gasteiger partial charge in [-0.25, -0.2) is 0 Å². The Kier molecular flexibility index (Phi) is 6.68. The average molecular weight is 290 g/mol. The molecule has 1 aliphatic heterocycles. The molecule has 3 heteroatoms. The largest absolute Gasteiger partial charge is 0.384 e. The number of rotatable bonds is 7. The van der Waals surface area contributed by atoms with Crippen molar-refractivity contribution in [2.24, 2.45) is 5.92 Å². The number of aryl methyl sites for hydroxylation is 1. The summed E-state index contributed by atoms with van der Waals surface area (Å²) in [5.74, 6) is 0.698. The maximum Gasteiger partial charge on any atom is 0.0502 e. The van der Waals surface area contributed by atoms with Crippen molar-refractivity contribution in [1.82, 2.24) is 10.2 Å². The molecule has 0 bridgehead atoms. The van der Waals surface area contributed by atoms with Crippen LogP contribution in [0.2, 0.25) is 0 Å². The second-order valence-electron chi connectivity index (χ2n) is 6.25. The quantitative estimate of drug-likeness (QED) is 0.835. The van der Waals surface area contributed by atoms with E-state index in [4.69, 9.17) is 4.74 Å². The molecular formula is C18H30N2O. The first-order valence-electron chi connectivity index (χ1n) is 8.24. The summed E-state index contributed by atoms with van der Waals surface area (Å²) in [7, 11) is 1.81. The van der Waals surface area contributed by atoms with E-state index in [2.05, 4.69) is 48.3 Å². The lowest BCUT2D eigenvalue weighted by Crippen LogP contribution is -2.42. The SMILES string of the molecule is CCNC(CN1CCCC(COC)C1)c1cccc(C)c1. The average Bonchev–Trinajstić information content (AvgIpc) is 2.48. The molecule has 1 fully saturated rings. The highest BCUT2D eigenvalue weighted by molar-refractivity contribution is 5.25. The van der Waals surface area contributed by atoms with E-state index >= 15 is 0 Å². The molecule has 118 valence electrons. The van der Waals surface area contributed by atoms with Crippen LogP contribution in [-0.2, 0) is 4.74 Å². The van der Waals surface area contributed by atoms with Gasteiger partial charge in [-0.15, -0.1) is 0 Å². The standard InChI is InChI=1S/C18H30N2O/c1-4-19-18(17-9-5-7-15(2)11-17)13-20-10-6-8-16(12-20)14-21-3/h5,7,9,11,16,18-19H,4,6,8,10,12-14H2,1-3H3. The van der Waals surface area contributed by atoms with Crippen molar-refractivity contribution in [3.63, 3.8) is 0 Å². The summed E-state index contributed by atoms with van der Waals surface area (Å²) >= 11 is 0. The minimum Gasteiger partial charge on any atom is -0.384 e. The van der Waals surface area contributed by atoms with Gasteiger partial charge in [-0.3, -0.25) is 0 Å². The molecule has 1 aliphatic rings. The van der Waals surface area contributed by atoms with E-state index in [1.807, 2.05) is 7.11 Å². The van der Waals surface area contributed by atoms with Crippen LogP contribution in [0.15, 0.2) is 24.3 Å². The van der Waals surface area contributed by atoms with Gasteiger partial charge in [-0.2, -0.15) is 0 Å². The summed E-state index contributed by atoms with van der Waals surface area (Å²) in [6.07, 6.45) is 2.60. The van der Waals surface area contributed by atoms with Crippen LogP contribution in [0.4, 0.5) is 0 Å². The van der Waals surface area contributed by atoms with Gasteiger partial charge in [0.1, 0.15) is 0 Å². The van der Waals surface area contributed by atoms with Crippen molar-refractivity contribution in [3.8, 4) is 0 Å². The summed E-state index contributed by atoms with van der Waals surface area (Å²) in [4.78, 5) is 2.60. The zero-order valence-corrected chi connectivity index (χ0v) is 13.8. The fraction of sp³-hybridized carbons (Fsp3) is 0.667. The molecule has 2 atom stereocenters. The Morgan fingerprint density at radius 2 is 2.29 bits per heavy atom. The minimum absolute atomic E-state index is 0.427. The number of benzene rings is 1. The van der Waals surface area contributed by atoms with Gasteiger partial charge in [-0.1, -0.05) is 36.8 Å². The Hall–Kier alpha value is -0.900. The Bertz CT molecular complexity index is 419. The number of nitrogens with one attached hydrogen (secondary N) is 1. The summed E-state index contributed by atoms with van der Waals surface area (Å²) in [5, 5.41) is 3.65. The summed E-state index contributed by atoms with van der Waals surface area (Å²) in [5.41, 5.74) is 2.75. The third-order valence-corrected chi connectivity index (χ3v) is 4.34. The predicted octanol–water partition coefficient (Wildman–Crippen LogP) is 3.00. The number of piperidine rings is 1. The van der Waals surface area contributed by atoms with Gasteiger partial charge in [0.2, 0.25) is 0 Å². The van der Waals surface area contributed by atoms with Crippen LogP contribution in [0.5, 0.6) is 0 Å². The highest BCUT2D eigenvalue weighted by Crippen LogP contribution is 2.21. The second kappa shape index (κ2) is 8.52. The number of hydrogen-bond donors (Lipinski definition) is 1. The van der Waals surface area contributed by atoms with Crippen LogP contribution in [0.25, 0.3) is 0 Å². The molecule has 3 nitrogen and oxygen atoms in total. The van der Waals surface area contributed by atoms with E-state index in [0.29, 0.717) is 12.0 Å². The van der Waals surface area contributed by atoms with E-state index in [9.17, 15) is 0 Å². The third kappa shape index (κ3) is 5.10. The maximum atomic E-state index is 5.34. The van der Waals surface area contributed by atoms with Crippen molar-refractivity contribution >= 4 is 0 Å². The number of likely N-dealkylation sites (N-methyl/N-ethyl adjacent to an activating group) is 1. The first kappa shape index (κ1) is 16.5. The molecule has 0 saturated carbocycles. The molecule has 21 heavy (non-hydrogen) atoms. The lowest BCUT2D eigenvalue weighted by molar-refractivity contribution is 0.0857. The Morgan fingerprint density at radius 3 is 3.00 bits per heavy atom. The molecule has 1 heterocycles. The summed E-state index contributed by atoms with van der Waals surface area (Å²) < 4.78 is 5.34. The Balaban J connectivity index is 1.99. The number of nitrogens with zero attached hydrogens (tertiary/aromatic N) is 1. The van der Waals surface area contributed by atoms with Crippen molar-refractivity contribution in [3.05, 3.63) is 35.4 Å². The van der Waals surface area contributed by atoms with Crippen LogP contribution < -0.4 is 5.32 Å². The fourth-order valence-corrected chi connectivity index (χ4v) is 3.37. The van der Waals surface area contributed by atoms with Crippen LogP contribution in [0.1, 0.15) is 36.9 Å². The number of likely N-dealkylation sites (tertiary alicyclic amines) is 1. The minimum atomic E-state index is 0.427. The summed E-state index contributed by atoms with van der Waals surface area (Å²) in [6.45, 7) is 9.74. The van der Waals surface area contributed by atoms with E-state index in [1.165, 1.54) is 37.1 Å². The molecule has 1 aromatic carbocycles. The molecule has 0 aliphatic carbocycles. The smallest absolute Gasteiger partial charge is 0.0502 e. The van der Waals surface area contributed by atoms with Gasteiger partial charge in [0.25, 0.3) is 0 Å². The Morgan fingerprint density at radius 1 is 1.43 bits per heavy atom. The first-order chi connectivity index (χ1) is 10.2. The molecule has 0 radical (unpaired) electrons. The van der Waals surface area contributed by atoms with Gasteiger partial charge in [0, 0.05) is 26.2 Å². The lowest BCUT2D eigenvalue weighted by atomic mass is 9.97. The topological polar surface area (TPSA) is 24.5 Å². The number of methoxy groups -OCH3 is 1. The monoisotopic (exact) mass is 290 g/mol. The van der Waals surface area contributed by atoms with Gasteiger partial charge in [0.15, 0.2) is 0 Å². The van der Waals surface area contributed by atoms with Crippen molar-refractivity contribution < 1.29 is 4.74 Å². The molecule has 0 aromatic heterocycles. The van der Waals surface area contributed by atoms with Gasteiger partial charge < -0.3 is 15.0 Å². The van der Waals surface area contributed by atoms with E-state index < -0.39 is 0 Å². The van der Waals surface area contributed by atoms with E-state index in [1.54, 1.807) is 0 Å². The van der Waals surface area contributed by atoms with Crippen molar-refractivity contribution in [2.45, 2.75) is 32.7 Å². The fourth-order valence-electron chi connectivity index (χ4n) is 3.37. The van der Waals surface area contributed by atoms with Gasteiger partial charge >= 0.3 is 0 Å². The zero-order chi connectivity index (χ0) is 15.1. The maximum absolute atomic E-state index is 5.34. The molecule has 1 aromatic rings. The number of ether oxygens (including phenoxy) is 1. The number of hydrogen-bond acceptors (Lipinski definition) is 3. The molecule has 2 unspecified atom stereocenters. The highest BCUT2D eigenvalue weighted by atomic mass is 16.5. The first-order valence-corrected chi connectivity index (χ1v) is 8.24. The molecule has 1 N–H and O–H groups in total. The third-order valence-electron chi connectivity index (χ3n) is 4.34. The predicted molar refractivity (Wildman–Crippen MR) is 88.6 cm³/mol. The van der Waals surface area contributed by atoms with Gasteiger partial charge in [0.05, 0.1) is 6.61 Å². The molecular weight excluding hydrogens is 260 g/mol. The molecule has 0 amide bonds. The molecule has 2 rings (SSSR count). The second-order valence-corrected chi connectivity index (χ2v) is 6.25. The van der Waals surface area contributed by atoms with E-state index in [0.717, 1.165) is 19.7 Å². The highest BCUT2D eigenvalue weighted by Gasteiger charge is 2.22. The van der Waals surface area contributed by atoms with E-state index in [-0.39, 0.29) is 0 Å². The van der Waals surface area contributed by atoms with Crippen molar-refractivity contribution in [2.75, 3.05) is 39.9 Å². The normalized spacial score (nSPS) is 21.4. The zero-order valence-electron chi connectivity index (χ0n) is 13.8. The van der Waals surface area contributed by atoms with Crippen LogP contribution >= 0.6 is 0 Å². The van der Waals surface area contributed by atoms with Crippen LogP contribution in [0.3, 0.4) is 0 Å². The molecule has 1 saturated heterocycles. The van der Waals surface area contributed by atoms with Crippen LogP contribution in [-0.4, -0.2) is 44.8 Å². The van der Waals surface area contributed by atoms with Gasteiger partial charge in [-0.05, 0) is 44.3 Å². The Labute approximate surface area is 129 Å². The molecule has 0 spiro atoms. The van der Waals surface area contributed by atoms with Crippen LogP contribution in [0, 0.1) is 12.8 Å². The van der Waals surface area contributed by atoms with Crippen molar-refractivity contribution in [1.29, 1.82) is 0 Å². The summed E-state index contributed by atoms with van der Waals surface area (Å²) in [6, 6.07) is 9.32.